The SMILES string of the molecule is O=C(N[C@H]1C[C@H](O)c2ccccc21)C1=CN(c2ccnc3[nH]ccc23)CCS1. The van der Waals surface area contributed by atoms with Crippen molar-refractivity contribution in [1.29, 1.82) is 0 Å². The molecule has 1 aliphatic carbocycles. The second-order valence-electron chi connectivity index (χ2n) is 7.01. The number of thioether (sulfide) groups is 1. The minimum atomic E-state index is -0.523. The van der Waals surface area contributed by atoms with E-state index in [1.807, 2.05) is 48.8 Å². The number of aliphatic hydroxyl groups excluding tert-OH is 1. The van der Waals surface area contributed by atoms with Crippen molar-refractivity contribution >= 4 is 34.4 Å². The number of nitrogens with one attached hydrogen (secondary N) is 2. The van der Waals surface area contributed by atoms with Crippen LogP contribution in [0.1, 0.15) is 29.7 Å². The maximum Gasteiger partial charge on any atom is 0.259 e. The Morgan fingerprint density at radius 2 is 2.11 bits per heavy atom. The number of benzene rings is 1. The molecule has 2 aliphatic rings. The molecule has 1 aliphatic heterocycles. The van der Waals surface area contributed by atoms with Crippen LogP contribution in [0.2, 0.25) is 0 Å². The van der Waals surface area contributed by atoms with E-state index < -0.39 is 6.10 Å². The molecule has 6 nitrogen and oxygen atoms in total. The maximum atomic E-state index is 12.9. The van der Waals surface area contributed by atoms with Crippen molar-refractivity contribution in [2.24, 2.45) is 0 Å². The number of carbonyl (C=O) groups is 1. The van der Waals surface area contributed by atoms with Crippen molar-refractivity contribution in [3.63, 3.8) is 0 Å². The van der Waals surface area contributed by atoms with Gasteiger partial charge in [0.05, 0.1) is 22.7 Å². The van der Waals surface area contributed by atoms with Gasteiger partial charge in [-0.05, 0) is 23.3 Å². The van der Waals surface area contributed by atoms with Crippen LogP contribution in [0.25, 0.3) is 11.0 Å². The van der Waals surface area contributed by atoms with Gasteiger partial charge in [0.15, 0.2) is 0 Å². The molecule has 0 spiro atoms. The zero-order valence-corrected chi connectivity index (χ0v) is 15.9. The number of anilines is 1. The number of nitrogens with zero attached hydrogens (tertiary/aromatic N) is 2. The minimum absolute atomic E-state index is 0.0945. The maximum absolute atomic E-state index is 12.9. The van der Waals surface area contributed by atoms with E-state index in [1.54, 1.807) is 18.0 Å². The number of hydrogen-bond donors (Lipinski definition) is 3. The molecule has 2 aromatic heterocycles. The lowest BCUT2D eigenvalue weighted by atomic mass is 10.1. The summed E-state index contributed by atoms with van der Waals surface area (Å²) in [5, 5.41) is 14.4. The summed E-state index contributed by atoms with van der Waals surface area (Å²) in [6.45, 7) is 0.830. The second kappa shape index (κ2) is 7.00. The van der Waals surface area contributed by atoms with Crippen molar-refractivity contribution in [2.45, 2.75) is 18.6 Å². The fourth-order valence-electron chi connectivity index (χ4n) is 3.98. The quantitative estimate of drug-likeness (QED) is 0.638. The van der Waals surface area contributed by atoms with E-state index in [0.29, 0.717) is 11.3 Å². The highest BCUT2D eigenvalue weighted by Gasteiger charge is 2.31. The highest BCUT2D eigenvalue weighted by atomic mass is 32.2. The highest BCUT2D eigenvalue weighted by molar-refractivity contribution is 8.04. The first-order valence-corrected chi connectivity index (χ1v) is 10.3. The summed E-state index contributed by atoms with van der Waals surface area (Å²) in [5.74, 6) is 0.736. The molecule has 3 N–H and O–H groups in total. The first-order valence-electron chi connectivity index (χ1n) is 9.32. The van der Waals surface area contributed by atoms with Gasteiger partial charge in [0.2, 0.25) is 0 Å². The molecule has 28 heavy (non-hydrogen) atoms. The molecule has 142 valence electrons. The van der Waals surface area contributed by atoms with Crippen molar-refractivity contribution in [1.82, 2.24) is 15.3 Å². The van der Waals surface area contributed by atoms with Gasteiger partial charge < -0.3 is 20.3 Å². The third-order valence-electron chi connectivity index (χ3n) is 5.33. The minimum Gasteiger partial charge on any atom is -0.388 e. The van der Waals surface area contributed by atoms with Crippen molar-refractivity contribution in [3.8, 4) is 0 Å². The van der Waals surface area contributed by atoms with Crippen LogP contribution in [0.15, 0.2) is 59.9 Å². The number of hydrogen-bond acceptors (Lipinski definition) is 5. The first-order chi connectivity index (χ1) is 13.7. The number of pyridine rings is 1. The van der Waals surface area contributed by atoms with Gasteiger partial charge >= 0.3 is 0 Å². The lowest BCUT2D eigenvalue weighted by Crippen LogP contribution is -2.32. The topological polar surface area (TPSA) is 81.2 Å². The molecule has 0 fully saturated rings. The zero-order valence-electron chi connectivity index (χ0n) is 15.1. The molecule has 0 radical (unpaired) electrons. The summed E-state index contributed by atoms with van der Waals surface area (Å²) >= 11 is 1.56. The molecule has 7 heteroatoms. The van der Waals surface area contributed by atoms with Crippen LogP contribution in [-0.4, -0.2) is 33.3 Å². The first kappa shape index (κ1) is 17.3. The molecule has 0 unspecified atom stereocenters. The number of fused-ring (bicyclic) bond motifs is 2. The Morgan fingerprint density at radius 3 is 3.00 bits per heavy atom. The average molecular weight is 392 g/mol. The Labute approximate surface area is 166 Å². The third kappa shape index (κ3) is 2.96. The van der Waals surface area contributed by atoms with E-state index in [-0.39, 0.29) is 11.9 Å². The Bertz CT molecular complexity index is 1080. The molecule has 3 heterocycles. The van der Waals surface area contributed by atoms with Crippen LogP contribution < -0.4 is 10.2 Å². The van der Waals surface area contributed by atoms with Crippen LogP contribution in [0.4, 0.5) is 5.69 Å². The van der Waals surface area contributed by atoms with Gasteiger partial charge in [0.1, 0.15) is 5.65 Å². The van der Waals surface area contributed by atoms with Gasteiger partial charge in [-0.1, -0.05) is 24.3 Å². The van der Waals surface area contributed by atoms with Gasteiger partial charge in [0.25, 0.3) is 5.91 Å². The predicted octanol–water partition coefficient (Wildman–Crippen LogP) is 3.25. The molecule has 3 aromatic rings. The lowest BCUT2D eigenvalue weighted by Gasteiger charge is -2.27. The van der Waals surface area contributed by atoms with Crippen molar-refractivity contribution in [3.05, 3.63) is 71.0 Å². The summed E-state index contributed by atoms with van der Waals surface area (Å²) in [7, 11) is 0. The fourth-order valence-corrected chi connectivity index (χ4v) is 4.88. The van der Waals surface area contributed by atoms with E-state index in [9.17, 15) is 9.90 Å². The highest BCUT2D eigenvalue weighted by Crippen LogP contribution is 2.39. The summed E-state index contributed by atoms with van der Waals surface area (Å²) in [6, 6.07) is 11.6. The number of H-pyrrole nitrogens is 1. The van der Waals surface area contributed by atoms with E-state index in [4.69, 9.17) is 0 Å². The van der Waals surface area contributed by atoms with Crippen LogP contribution in [0, 0.1) is 0 Å². The fraction of sp³-hybridized carbons (Fsp3) is 0.238. The van der Waals surface area contributed by atoms with Crippen LogP contribution in [0.3, 0.4) is 0 Å². The molecule has 0 saturated heterocycles. The van der Waals surface area contributed by atoms with Gasteiger partial charge in [-0.3, -0.25) is 4.79 Å². The van der Waals surface area contributed by atoms with Crippen molar-refractivity contribution < 1.29 is 9.90 Å². The number of aliphatic hydroxyl groups is 1. The molecule has 0 saturated carbocycles. The Morgan fingerprint density at radius 1 is 1.25 bits per heavy atom. The Kier molecular flexibility index (Phi) is 4.33. The second-order valence-corrected chi connectivity index (χ2v) is 8.15. The summed E-state index contributed by atoms with van der Waals surface area (Å²) in [6.07, 6.45) is 5.56. The Hall–Kier alpha value is -2.77. The van der Waals surface area contributed by atoms with Crippen molar-refractivity contribution in [2.75, 3.05) is 17.2 Å². The van der Waals surface area contributed by atoms with E-state index in [1.165, 1.54) is 0 Å². The molecule has 1 amide bonds. The summed E-state index contributed by atoms with van der Waals surface area (Å²) in [5.41, 5.74) is 3.79. The molecule has 1 aromatic carbocycles. The van der Waals surface area contributed by atoms with E-state index in [2.05, 4.69) is 20.2 Å². The monoisotopic (exact) mass is 392 g/mol. The molecule has 2 atom stereocenters. The van der Waals surface area contributed by atoms with Gasteiger partial charge in [-0.2, -0.15) is 0 Å². The lowest BCUT2D eigenvalue weighted by molar-refractivity contribution is -0.117. The number of aromatic amines is 1. The number of carbonyl (C=O) groups excluding carboxylic acids is 1. The summed E-state index contributed by atoms with van der Waals surface area (Å²) < 4.78 is 0. The summed E-state index contributed by atoms with van der Waals surface area (Å²) in [4.78, 5) is 23.2. The predicted molar refractivity (Wildman–Crippen MR) is 111 cm³/mol. The third-order valence-corrected chi connectivity index (χ3v) is 6.32. The van der Waals surface area contributed by atoms with Crippen LogP contribution in [0.5, 0.6) is 0 Å². The van der Waals surface area contributed by atoms with Gasteiger partial charge in [0, 0.05) is 42.7 Å². The van der Waals surface area contributed by atoms with Gasteiger partial charge in [-0.25, -0.2) is 4.98 Å². The van der Waals surface area contributed by atoms with Gasteiger partial charge in [-0.15, -0.1) is 11.8 Å². The average Bonchev–Trinajstić information content (AvgIpc) is 3.33. The van der Waals surface area contributed by atoms with E-state index >= 15 is 0 Å². The standard InChI is InChI=1S/C21H20N4O2S/c26-18-11-16(13-3-1-2-4-14(13)18)24-21(27)19-12-25(9-10-28-19)17-6-8-23-20-15(17)5-7-22-20/h1-8,12,16,18,26H,9-11H2,(H,22,23)(H,24,27)/t16-,18-/m0/s1. The largest absolute Gasteiger partial charge is 0.388 e. The van der Waals surface area contributed by atoms with Crippen LogP contribution in [-0.2, 0) is 4.79 Å². The molecule has 5 rings (SSSR count). The molecular formula is C21H20N4O2S. The normalized spacial score (nSPS) is 21.5. The number of aromatic nitrogens is 2. The Balaban J connectivity index is 1.39. The number of amides is 1. The molecular weight excluding hydrogens is 372 g/mol. The smallest absolute Gasteiger partial charge is 0.259 e. The van der Waals surface area contributed by atoms with Crippen LogP contribution >= 0.6 is 11.8 Å². The number of rotatable bonds is 3. The zero-order chi connectivity index (χ0) is 19.1. The molecule has 0 bridgehead atoms. The van der Waals surface area contributed by atoms with E-state index in [0.717, 1.165) is 40.1 Å².